The molecule has 5 nitrogen and oxygen atoms in total. The second-order valence-electron chi connectivity index (χ2n) is 9.25. The smallest absolute Gasteiger partial charge is 0.390 e. The highest BCUT2D eigenvalue weighted by Crippen LogP contribution is 2.59. The summed E-state index contributed by atoms with van der Waals surface area (Å²) in [7, 11) is 0. The molecule has 2 saturated carbocycles. The molecule has 1 aliphatic heterocycles. The van der Waals surface area contributed by atoms with Crippen LogP contribution in [0, 0.1) is 23.6 Å². The number of carbonyl (C=O) groups is 1. The SMILES string of the molecule is O=C1NCC2(C[C@@H]3CC(O)[C@@H](F)C[C@H]3C2CCc2ccc(-c3cccc(F)c3)cn2)SO1. The van der Waals surface area contributed by atoms with Crippen molar-refractivity contribution in [2.45, 2.75) is 49.1 Å². The van der Waals surface area contributed by atoms with Crippen molar-refractivity contribution in [3.05, 3.63) is 54.1 Å². The van der Waals surface area contributed by atoms with E-state index in [9.17, 15) is 18.7 Å². The van der Waals surface area contributed by atoms with Crippen LogP contribution < -0.4 is 5.32 Å². The van der Waals surface area contributed by atoms with Gasteiger partial charge in [0.05, 0.1) is 22.9 Å². The maximum Gasteiger partial charge on any atom is 0.419 e. The van der Waals surface area contributed by atoms with Crippen molar-refractivity contribution in [2.75, 3.05) is 6.54 Å². The molecule has 170 valence electrons. The maximum atomic E-state index is 14.4. The Morgan fingerprint density at radius 1 is 1.25 bits per heavy atom. The molecular formula is C24H26F2N2O3S. The summed E-state index contributed by atoms with van der Waals surface area (Å²) in [5, 5.41) is 12.9. The number of hydrogen-bond donors (Lipinski definition) is 2. The average Bonchev–Trinajstić information content (AvgIpc) is 3.07. The van der Waals surface area contributed by atoms with E-state index >= 15 is 0 Å². The molecule has 1 aromatic carbocycles. The molecule has 0 radical (unpaired) electrons. The van der Waals surface area contributed by atoms with Crippen LogP contribution in [-0.2, 0) is 10.6 Å². The Balaban J connectivity index is 1.32. The first-order chi connectivity index (χ1) is 15.4. The zero-order chi connectivity index (χ0) is 22.3. The fraction of sp³-hybridized carbons (Fsp3) is 0.500. The summed E-state index contributed by atoms with van der Waals surface area (Å²) >= 11 is 1.22. The normalized spacial score (nSPS) is 34.1. The highest BCUT2D eigenvalue weighted by atomic mass is 32.2. The van der Waals surface area contributed by atoms with E-state index in [4.69, 9.17) is 4.18 Å². The third-order valence-corrected chi connectivity index (χ3v) is 8.55. The van der Waals surface area contributed by atoms with Crippen molar-refractivity contribution in [2.24, 2.45) is 17.8 Å². The molecule has 1 spiro atoms. The molecule has 3 fully saturated rings. The topological polar surface area (TPSA) is 71.5 Å². The average molecular weight is 461 g/mol. The first-order valence-electron chi connectivity index (χ1n) is 11.1. The molecule has 3 aliphatic rings. The van der Waals surface area contributed by atoms with Gasteiger partial charge in [0.1, 0.15) is 12.0 Å². The number of nitrogens with zero attached hydrogens (tertiary/aromatic N) is 1. The molecule has 5 rings (SSSR count). The van der Waals surface area contributed by atoms with Gasteiger partial charge in [0.15, 0.2) is 0 Å². The summed E-state index contributed by atoms with van der Waals surface area (Å²) in [6.07, 6.45) is 2.31. The number of aliphatic hydroxyl groups excluding tert-OH is 1. The first-order valence-corrected chi connectivity index (χ1v) is 11.8. The summed E-state index contributed by atoms with van der Waals surface area (Å²) < 4.78 is 32.9. The number of hydrogen-bond acceptors (Lipinski definition) is 5. The molecular weight excluding hydrogens is 434 g/mol. The lowest BCUT2D eigenvalue weighted by atomic mass is 9.74. The second kappa shape index (κ2) is 8.63. The zero-order valence-corrected chi connectivity index (χ0v) is 18.4. The number of fused-ring (bicyclic) bond motifs is 1. The lowest BCUT2D eigenvalue weighted by Gasteiger charge is -2.39. The Labute approximate surface area is 190 Å². The van der Waals surface area contributed by atoms with Crippen LogP contribution in [0.15, 0.2) is 42.6 Å². The molecule has 8 heteroatoms. The third kappa shape index (κ3) is 4.10. The van der Waals surface area contributed by atoms with E-state index in [0.717, 1.165) is 29.7 Å². The highest BCUT2D eigenvalue weighted by Gasteiger charge is 2.58. The van der Waals surface area contributed by atoms with Crippen molar-refractivity contribution in [3.63, 3.8) is 0 Å². The summed E-state index contributed by atoms with van der Waals surface area (Å²) in [5.41, 5.74) is 2.55. The fourth-order valence-electron chi connectivity index (χ4n) is 5.85. The number of alkyl halides is 1. The summed E-state index contributed by atoms with van der Waals surface area (Å²) in [4.78, 5) is 16.2. The number of aromatic nitrogens is 1. The predicted octanol–water partition coefficient (Wildman–Crippen LogP) is 4.69. The van der Waals surface area contributed by atoms with Gasteiger partial charge in [-0.2, -0.15) is 0 Å². The summed E-state index contributed by atoms with van der Waals surface area (Å²) in [6.45, 7) is 0.493. The largest absolute Gasteiger partial charge is 0.419 e. The number of halogens is 2. The Morgan fingerprint density at radius 3 is 2.84 bits per heavy atom. The van der Waals surface area contributed by atoms with E-state index in [0.29, 0.717) is 25.8 Å². The molecule has 2 heterocycles. The van der Waals surface area contributed by atoms with Gasteiger partial charge in [-0.05, 0) is 73.6 Å². The van der Waals surface area contributed by atoms with Crippen molar-refractivity contribution in [1.29, 1.82) is 0 Å². The number of amides is 1. The van der Waals surface area contributed by atoms with Crippen molar-refractivity contribution < 1.29 is 22.9 Å². The van der Waals surface area contributed by atoms with E-state index in [1.54, 1.807) is 12.3 Å². The first kappa shape index (κ1) is 21.6. The van der Waals surface area contributed by atoms with Gasteiger partial charge in [-0.15, -0.1) is 0 Å². The Hall–Kier alpha value is -2.19. The van der Waals surface area contributed by atoms with E-state index < -0.39 is 18.4 Å². The lowest BCUT2D eigenvalue weighted by Crippen LogP contribution is -2.48. The number of nitrogens with one attached hydrogen (secondary N) is 1. The van der Waals surface area contributed by atoms with E-state index in [-0.39, 0.29) is 28.3 Å². The number of rotatable bonds is 4. The van der Waals surface area contributed by atoms with Gasteiger partial charge in [-0.25, -0.2) is 13.6 Å². The van der Waals surface area contributed by atoms with Crippen LogP contribution in [0.3, 0.4) is 0 Å². The molecule has 2 aliphatic carbocycles. The van der Waals surface area contributed by atoms with Crippen LogP contribution in [0.5, 0.6) is 0 Å². The molecule has 32 heavy (non-hydrogen) atoms. The Kier molecular flexibility index (Phi) is 5.84. The van der Waals surface area contributed by atoms with Crippen LogP contribution in [-0.4, -0.2) is 39.8 Å². The molecule has 6 atom stereocenters. The van der Waals surface area contributed by atoms with E-state index in [1.165, 1.54) is 24.2 Å². The standard InChI is InChI=1S/C24H26F2N2O3S/c25-17-3-1-2-14(8-17)15-4-5-18(27-12-15)6-7-20-19-10-21(26)22(29)9-16(19)11-24(20)13-28-23(30)31-32-24/h1-5,8,12,16,19-22,29H,6-7,9-11,13H2,(H,28,30)/t16-,19+,20?,21-,22?,24?/m0/s1. The maximum absolute atomic E-state index is 14.4. The quantitative estimate of drug-likeness (QED) is 0.648. The van der Waals surface area contributed by atoms with Crippen LogP contribution in [0.1, 0.15) is 31.4 Å². The highest BCUT2D eigenvalue weighted by molar-refractivity contribution is 7.96. The number of aryl methyl sites for hydroxylation is 1. The second-order valence-corrected chi connectivity index (χ2v) is 10.4. The van der Waals surface area contributed by atoms with E-state index in [1.807, 2.05) is 18.2 Å². The number of carbonyl (C=O) groups excluding carboxylic acids is 1. The van der Waals surface area contributed by atoms with Crippen LogP contribution in [0.2, 0.25) is 0 Å². The van der Waals surface area contributed by atoms with Crippen molar-refractivity contribution in [1.82, 2.24) is 10.3 Å². The zero-order valence-electron chi connectivity index (χ0n) is 17.5. The molecule has 2 N–H and O–H groups in total. The molecule has 0 bridgehead atoms. The minimum Gasteiger partial charge on any atom is -0.390 e. The monoisotopic (exact) mass is 460 g/mol. The van der Waals surface area contributed by atoms with Gasteiger partial charge in [-0.1, -0.05) is 18.2 Å². The van der Waals surface area contributed by atoms with Gasteiger partial charge in [0, 0.05) is 24.0 Å². The molecule has 1 aromatic heterocycles. The van der Waals surface area contributed by atoms with Gasteiger partial charge < -0.3 is 14.6 Å². The van der Waals surface area contributed by atoms with Crippen molar-refractivity contribution in [3.8, 4) is 11.1 Å². The fourth-order valence-corrected chi connectivity index (χ4v) is 6.98. The van der Waals surface area contributed by atoms with Crippen LogP contribution in [0.25, 0.3) is 11.1 Å². The molecule has 1 amide bonds. The minimum absolute atomic E-state index is 0.145. The van der Waals surface area contributed by atoms with Crippen LogP contribution >= 0.6 is 12.0 Å². The predicted molar refractivity (Wildman–Crippen MR) is 118 cm³/mol. The third-order valence-electron chi connectivity index (χ3n) is 7.37. The molecule has 2 aromatic rings. The summed E-state index contributed by atoms with van der Waals surface area (Å²) in [6, 6.07) is 10.3. The lowest BCUT2D eigenvalue weighted by molar-refractivity contribution is -0.00448. The summed E-state index contributed by atoms with van der Waals surface area (Å²) in [5.74, 6) is 0.228. The number of pyridine rings is 1. The van der Waals surface area contributed by atoms with Gasteiger partial charge >= 0.3 is 6.09 Å². The van der Waals surface area contributed by atoms with Crippen LogP contribution in [0.4, 0.5) is 13.6 Å². The molecule has 1 saturated heterocycles. The van der Waals surface area contributed by atoms with Gasteiger partial charge in [0.25, 0.3) is 0 Å². The van der Waals surface area contributed by atoms with Crippen molar-refractivity contribution >= 4 is 18.1 Å². The number of benzene rings is 1. The number of aliphatic hydroxyl groups is 1. The van der Waals surface area contributed by atoms with Gasteiger partial charge in [-0.3, -0.25) is 4.98 Å². The van der Waals surface area contributed by atoms with Gasteiger partial charge in [0.2, 0.25) is 0 Å². The molecule has 3 unspecified atom stereocenters. The Bertz CT molecular complexity index is 979. The minimum atomic E-state index is -1.21. The Morgan fingerprint density at radius 2 is 2.12 bits per heavy atom. The van der Waals surface area contributed by atoms with E-state index in [2.05, 4.69) is 10.3 Å².